The van der Waals surface area contributed by atoms with Crippen molar-refractivity contribution in [3.63, 3.8) is 0 Å². The van der Waals surface area contributed by atoms with Crippen LogP contribution in [0, 0.1) is 5.92 Å². The first-order chi connectivity index (χ1) is 8.65. The molecule has 0 radical (unpaired) electrons. The molecule has 3 rings (SSSR count). The van der Waals surface area contributed by atoms with Crippen molar-refractivity contribution in [2.45, 2.75) is 26.3 Å². The van der Waals surface area contributed by atoms with Gasteiger partial charge in [-0.2, -0.15) is 0 Å². The number of rotatable bonds is 5. The van der Waals surface area contributed by atoms with Crippen LogP contribution in [0.15, 0.2) is 4.99 Å². The molecular weight excluding hydrogens is 353 g/mol. The van der Waals surface area contributed by atoms with Gasteiger partial charge in [0, 0.05) is 45.3 Å². The number of nitrogens with zero attached hydrogens (tertiary/aromatic N) is 3. The van der Waals surface area contributed by atoms with E-state index in [1.165, 1.54) is 26.2 Å². The highest BCUT2D eigenvalue weighted by molar-refractivity contribution is 14.0. The van der Waals surface area contributed by atoms with Crippen LogP contribution >= 0.6 is 24.0 Å². The molecule has 0 spiro atoms. The smallest absolute Gasteiger partial charge is 0.188 e. The first kappa shape index (κ1) is 17.0. The van der Waals surface area contributed by atoms with Gasteiger partial charge in [0.25, 0.3) is 0 Å². The molecule has 112 valence electrons. The highest BCUT2D eigenvalue weighted by Crippen LogP contribution is 2.15. The maximum Gasteiger partial charge on any atom is 0.188 e. The molecule has 0 aromatic heterocycles. The number of hydrogen-bond acceptors (Lipinski definition) is 3. The summed E-state index contributed by atoms with van der Waals surface area (Å²) in [5.41, 5.74) is 5.88. The maximum absolute atomic E-state index is 5.88. The number of aliphatic imine (C=N–C) groups is 1. The van der Waals surface area contributed by atoms with Gasteiger partial charge < -0.3 is 11.1 Å². The summed E-state index contributed by atoms with van der Waals surface area (Å²) in [6.45, 7) is 12.2. The van der Waals surface area contributed by atoms with Gasteiger partial charge in [0.15, 0.2) is 5.96 Å². The third kappa shape index (κ3) is 5.43. The number of piperazine rings is 3. The lowest BCUT2D eigenvalue weighted by Crippen LogP contribution is -2.61. The third-order valence-corrected chi connectivity index (χ3v) is 3.89. The molecule has 3 aliphatic heterocycles. The van der Waals surface area contributed by atoms with Crippen LogP contribution in [0.25, 0.3) is 0 Å². The maximum atomic E-state index is 5.88. The number of halogens is 1. The van der Waals surface area contributed by atoms with E-state index in [-0.39, 0.29) is 24.0 Å². The van der Waals surface area contributed by atoms with Crippen molar-refractivity contribution in [1.82, 2.24) is 15.1 Å². The zero-order chi connectivity index (χ0) is 13.0. The zero-order valence-electron chi connectivity index (χ0n) is 12.1. The minimum atomic E-state index is 0. The van der Waals surface area contributed by atoms with Gasteiger partial charge in [-0.15, -0.1) is 24.0 Å². The molecule has 6 heteroatoms. The van der Waals surface area contributed by atoms with Gasteiger partial charge >= 0.3 is 0 Å². The second kappa shape index (κ2) is 8.26. The summed E-state index contributed by atoms with van der Waals surface area (Å²) in [6, 6.07) is 0.568. The van der Waals surface area contributed by atoms with E-state index in [1.807, 2.05) is 0 Å². The van der Waals surface area contributed by atoms with Crippen LogP contribution in [0.5, 0.6) is 0 Å². The van der Waals surface area contributed by atoms with Crippen LogP contribution in [-0.2, 0) is 0 Å². The van der Waals surface area contributed by atoms with E-state index in [0.717, 1.165) is 26.1 Å². The summed E-state index contributed by atoms with van der Waals surface area (Å²) in [5, 5.41) is 3.19. The molecule has 3 saturated heterocycles. The van der Waals surface area contributed by atoms with E-state index < -0.39 is 0 Å². The highest BCUT2D eigenvalue weighted by Gasteiger charge is 2.31. The predicted molar refractivity (Wildman–Crippen MR) is 91.2 cm³/mol. The number of nitrogens with two attached hydrogens (primary N) is 1. The molecule has 2 bridgehead atoms. The zero-order valence-corrected chi connectivity index (χ0v) is 14.5. The lowest BCUT2D eigenvalue weighted by Gasteiger charge is -2.47. The first-order valence-corrected chi connectivity index (χ1v) is 7.15. The van der Waals surface area contributed by atoms with Crippen LogP contribution < -0.4 is 11.1 Å². The molecule has 0 aromatic carbocycles. The Hall–Kier alpha value is -0.0800. The molecule has 0 amide bonds. The molecule has 3 heterocycles. The molecule has 1 unspecified atom stereocenters. The normalized spacial score (nSPS) is 30.3. The predicted octanol–water partition coefficient (Wildman–Crippen LogP) is 0.555. The van der Waals surface area contributed by atoms with Crippen molar-refractivity contribution in [1.29, 1.82) is 0 Å². The summed E-state index contributed by atoms with van der Waals surface area (Å²) in [5.74, 6) is 1.31. The Labute approximate surface area is 134 Å². The molecule has 0 aliphatic carbocycles. The van der Waals surface area contributed by atoms with Gasteiger partial charge in [-0.05, 0) is 12.3 Å². The lowest BCUT2D eigenvalue weighted by molar-refractivity contribution is 0.0174. The minimum absolute atomic E-state index is 0. The van der Waals surface area contributed by atoms with Gasteiger partial charge in [-0.3, -0.25) is 14.8 Å². The Morgan fingerprint density at radius 1 is 1.32 bits per heavy atom. The average Bonchev–Trinajstić information content (AvgIpc) is 2.37. The Morgan fingerprint density at radius 2 is 2.00 bits per heavy atom. The fourth-order valence-electron chi connectivity index (χ4n) is 2.65. The molecule has 19 heavy (non-hydrogen) atoms. The average molecular weight is 381 g/mol. The molecule has 1 atom stereocenters. The van der Waals surface area contributed by atoms with Gasteiger partial charge in [0.1, 0.15) is 0 Å². The van der Waals surface area contributed by atoms with Crippen molar-refractivity contribution in [3.05, 3.63) is 0 Å². The van der Waals surface area contributed by atoms with Gasteiger partial charge in [-0.25, -0.2) is 0 Å². The first-order valence-electron chi connectivity index (χ1n) is 7.15. The van der Waals surface area contributed by atoms with E-state index in [9.17, 15) is 0 Å². The van der Waals surface area contributed by atoms with Gasteiger partial charge in [-0.1, -0.05) is 13.8 Å². The van der Waals surface area contributed by atoms with Crippen LogP contribution in [0.3, 0.4) is 0 Å². The summed E-state index contributed by atoms with van der Waals surface area (Å²) < 4.78 is 0. The fraction of sp³-hybridized carbons (Fsp3) is 0.923. The largest absolute Gasteiger partial charge is 0.370 e. The molecular formula is C13H28IN5. The topological polar surface area (TPSA) is 56.9 Å². The van der Waals surface area contributed by atoms with E-state index in [4.69, 9.17) is 5.73 Å². The van der Waals surface area contributed by atoms with E-state index in [1.54, 1.807) is 0 Å². The Balaban J connectivity index is 0.00000180. The molecule has 3 aliphatic rings. The van der Waals surface area contributed by atoms with E-state index in [0.29, 0.717) is 17.9 Å². The molecule has 5 nitrogen and oxygen atoms in total. The minimum Gasteiger partial charge on any atom is -0.370 e. The van der Waals surface area contributed by atoms with Crippen LogP contribution in [0.1, 0.15) is 20.3 Å². The third-order valence-electron chi connectivity index (χ3n) is 3.89. The van der Waals surface area contributed by atoms with Crippen molar-refractivity contribution >= 4 is 29.9 Å². The standard InChI is InChI=1S/C13H27N5.HI/c1-11(2)3-4-15-13(14)16-9-12-10-17-5-7-18(12)8-6-17;/h11-12H,3-10H2,1-2H3,(H3,14,15,16);1H. The highest BCUT2D eigenvalue weighted by atomic mass is 127. The van der Waals surface area contributed by atoms with Crippen molar-refractivity contribution < 1.29 is 0 Å². The van der Waals surface area contributed by atoms with E-state index in [2.05, 4.69) is 34.0 Å². The molecule has 0 saturated carbocycles. The van der Waals surface area contributed by atoms with Gasteiger partial charge in [0.05, 0.1) is 6.54 Å². The summed E-state index contributed by atoms with van der Waals surface area (Å²) in [6.07, 6.45) is 1.14. The second-order valence-electron chi connectivity index (χ2n) is 5.83. The SMILES string of the molecule is CC(C)CCNC(N)=NCC1CN2CCN1CC2.I. The number of guanidine groups is 1. The quantitative estimate of drug-likeness (QED) is 0.415. The van der Waals surface area contributed by atoms with E-state index >= 15 is 0 Å². The van der Waals surface area contributed by atoms with Crippen molar-refractivity contribution in [2.24, 2.45) is 16.6 Å². The summed E-state index contributed by atoms with van der Waals surface area (Å²) in [4.78, 5) is 9.56. The Bertz CT molecular complexity index is 287. The Morgan fingerprint density at radius 3 is 2.53 bits per heavy atom. The number of fused-ring (bicyclic) bond motifs is 3. The van der Waals surface area contributed by atoms with Gasteiger partial charge in [0.2, 0.25) is 0 Å². The van der Waals surface area contributed by atoms with Crippen LogP contribution in [0.2, 0.25) is 0 Å². The van der Waals surface area contributed by atoms with Crippen molar-refractivity contribution in [2.75, 3.05) is 45.8 Å². The molecule has 0 aromatic rings. The monoisotopic (exact) mass is 381 g/mol. The van der Waals surface area contributed by atoms with Crippen LogP contribution in [0.4, 0.5) is 0 Å². The Kier molecular flexibility index (Phi) is 7.38. The summed E-state index contributed by atoms with van der Waals surface area (Å²) >= 11 is 0. The van der Waals surface area contributed by atoms with Crippen LogP contribution in [-0.4, -0.2) is 67.6 Å². The summed E-state index contributed by atoms with van der Waals surface area (Å²) in [7, 11) is 0. The molecule has 3 fully saturated rings. The lowest BCUT2D eigenvalue weighted by atomic mass is 10.1. The van der Waals surface area contributed by atoms with Crippen molar-refractivity contribution in [3.8, 4) is 0 Å². The number of hydrogen-bond donors (Lipinski definition) is 2. The molecule has 3 N–H and O–H groups in total. The number of nitrogens with one attached hydrogen (secondary N) is 1. The fourth-order valence-corrected chi connectivity index (χ4v) is 2.65. The second-order valence-corrected chi connectivity index (χ2v) is 5.83.